The lowest BCUT2D eigenvalue weighted by atomic mass is 10.4. The van der Waals surface area contributed by atoms with Crippen molar-refractivity contribution in [2.75, 3.05) is 6.67 Å². The van der Waals surface area contributed by atoms with Crippen molar-refractivity contribution >= 4 is 0 Å². The van der Waals surface area contributed by atoms with E-state index in [0.29, 0.717) is 0 Å². The predicted molar refractivity (Wildman–Crippen MR) is 33.9 cm³/mol. The van der Waals surface area contributed by atoms with E-state index < -0.39 is 18.8 Å². The maximum atomic E-state index is 11.2. The summed E-state index contributed by atoms with van der Waals surface area (Å²) < 4.78 is 65.6. The van der Waals surface area contributed by atoms with E-state index in [1.165, 1.54) is 6.20 Å². The molecule has 0 heterocycles. The van der Waals surface area contributed by atoms with Gasteiger partial charge in [0, 0.05) is 0 Å². The van der Waals surface area contributed by atoms with Gasteiger partial charge in [-0.1, -0.05) is 6.58 Å². The highest BCUT2D eigenvalue weighted by atomic mass is 19.4. The summed E-state index contributed by atoms with van der Waals surface area (Å²) in [5.41, 5.74) is 4.61. The van der Waals surface area contributed by atoms with Crippen LogP contribution < -0.4 is 5.73 Å². The lowest BCUT2D eigenvalue weighted by molar-refractivity contribution is -0.286. The van der Waals surface area contributed by atoms with E-state index in [1.54, 1.807) is 0 Å². The fraction of sp³-hybridized carbons (Fsp3) is 0.600. The largest absolute Gasteiger partial charge is 0.456 e. The highest BCUT2D eigenvalue weighted by Gasteiger charge is 2.57. The Balaban J connectivity index is -0.000000220. The Hall–Kier alpha value is -0.950. The van der Waals surface area contributed by atoms with Crippen LogP contribution in [-0.4, -0.2) is 18.8 Å². The van der Waals surface area contributed by atoms with E-state index in [1.807, 2.05) is 0 Å². The Morgan fingerprint density at radius 2 is 1.38 bits per heavy atom. The zero-order chi connectivity index (χ0) is 10.4. The lowest BCUT2D eigenvalue weighted by Gasteiger charge is -2.14. The van der Waals surface area contributed by atoms with Crippen molar-refractivity contribution in [2.24, 2.45) is 5.73 Å². The maximum Gasteiger partial charge on any atom is 0.456 e. The molecule has 0 aliphatic carbocycles. The van der Waals surface area contributed by atoms with Crippen molar-refractivity contribution in [3.8, 4) is 0 Å². The fourth-order valence-electron chi connectivity index (χ4n) is 0.0758. The molecule has 0 rings (SSSR count). The molecule has 2 N–H and O–H groups in total. The minimum Gasteiger partial charge on any atom is -0.405 e. The zero-order valence-electron chi connectivity index (χ0n) is 6.24. The fourth-order valence-corrected chi connectivity index (χ4v) is 0.0758. The number of hydrogen-bond donors (Lipinski definition) is 1. The van der Waals surface area contributed by atoms with Crippen LogP contribution in [0.4, 0.5) is 31.0 Å². The summed E-state index contributed by atoms with van der Waals surface area (Å²) in [5, 5.41) is 0. The molecule has 13 heavy (non-hydrogen) atoms. The normalized spacial score (nSPS) is 10.6. The van der Waals surface area contributed by atoms with Gasteiger partial charge in [-0.2, -0.15) is 22.0 Å². The first-order valence-electron chi connectivity index (χ1n) is 2.56. The van der Waals surface area contributed by atoms with Crippen LogP contribution in [0.25, 0.3) is 0 Å². The third-order valence-electron chi connectivity index (χ3n) is 0.583. The third kappa shape index (κ3) is 7.41. The molecule has 0 spiro atoms. The number of rotatable bonds is 1. The number of alkyl halides is 6. The van der Waals surface area contributed by atoms with Gasteiger partial charge in [0.2, 0.25) is 0 Å². The van der Waals surface area contributed by atoms with Crippen molar-refractivity contribution in [1.82, 2.24) is 0 Å². The Labute approximate surface area is 69.6 Å². The quantitative estimate of drug-likeness (QED) is 0.667. The first-order valence-corrected chi connectivity index (χ1v) is 2.56. The molecule has 0 amide bonds. The molecular weight excluding hydrogens is 207 g/mol. The van der Waals surface area contributed by atoms with Gasteiger partial charge in [0.15, 0.2) is 6.67 Å². The highest BCUT2D eigenvalue weighted by Crippen LogP contribution is 2.35. The molecule has 0 saturated heterocycles. The summed E-state index contributed by atoms with van der Waals surface area (Å²) in [6.07, 6.45) is -4.51. The van der Waals surface area contributed by atoms with Gasteiger partial charge in [-0.15, -0.1) is 0 Å². The molecule has 0 bridgehead atoms. The Morgan fingerprint density at radius 3 is 1.38 bits per heavy atom. The average Bonchev–Trinajstić information content (AvgIpc) is 1.87. The third-order valence-corrected chi connectivity index (χ3v) is 0.583. The topological polar surface area (TPSA) is 26.0 Å². The summed E-state index contributed by atoms with van der Waals surface area (Å²) in [5.74, 6) is -5.19. The average molecular weight is 215 g/mol. The molecular formula is C5H8F7N. The minimum absolute atomic E-state index is 0. The van der Waals surface area contributed by atoms with Crippen LogP contribution in [0.1, 0.15) is 0 Å². The number of nitrogens with two attached hydrogens (primary N) is 1. The Morgan fingerprint density at radius 1 is 1.15 bits per heavy atom. The smallest absolute Gasteiger partial charge is 0.405 e. The molecule has 82 valence electrons. The van der Waals surface area contributed by atoms with Crippen molar-refractivity contribution in [1.29, 1.82) is 0 Å². The van der Waals surface area contributed by atoms with Gasteiger partial charge in [-0.3, -0.25) is 4.70 Å². The van der Waals surface area contributed by atoms with E-state index in [9.17, 15) is 26.3 Å². The van der Waals surface area contributed by atoms with E-state index in [0.717, 1.165) is 0 Å². The molecule has 0 aromatic rings. The van der Waals surface area contributed by atoms with Gasteiger partial charge in [0.05, 0.1) is 0 Å². The summed E-state index contributed by atoms with van der Waals surface area (Å²) in [6, 6.07) is 0. The molecule has 1 nitrogen and oxygen atoms in total. The predicted octanol–water partition coefficient (Wildman–Crippen LogP) is 2.39. The molecule has 0 fully saturated rings. The van der Waals surface area contributed by atoms with E-state index >= 15 is 0 Å². The van der Waals surface area contributed by atoms with Crippen LogP contribution >= 0.6 is 0 Å². The number of hydrogen-bond acceptors (Lipinski definition) is 1. The Bertz CT molecular complexity index is 129. The second-order valence-corrected chi connectivity index (χ2v) is 1.57. The van der Waals surface area contributed by atoms with Crippen molar-refractivity contribution < 1.29 is 31.0 Å². The van der Waals surface area contributed by atoms with Crippen molar-refractivity contribution in [2.45, 2.75) is 12.1 Å². The standard InChI is InChI=1S/C3H2F6.C2H5N.FH/c4-1-2(5,6)3(7,8)9;1-2-3;/h1H2;2H,1,3H2;1H. The van der Waals surface area contributed by atoms with Gasteiger partial charge in [-0.05, 0) is 6.20 Å². The van der Waals surface area contributed by atoms with Crippen LogP contribution in [0.3, 0.4) is 0 Å². The Kier molecular flexibility index (Phi) is 9.06. The molecule has 0 saturated carbocycles. The van der Waals surface area contributed by atoms with Crippen LogP contribution in [0, 0.1) is 0 Å². The molecule has 0 atom stereocenters. The second kappa shape index (κ2) is 6.55. The van der Waals surface area contributed by atoms with Gasteiger partial charge >= 0.3 is 12.1 Å². The van der Waals surface area contributed by atoms with Gasteiger partial charge in [-0.25, -0.2) is 4.39 Å². The van der Waals surface area contributed by atoms with Gasteiger partial charge < -0.3 is 5.73 Å². The highest BCUT2D eigenvalue weighted by molar-refractivity contribution is 4.73. The van der Waals surface area contributed by atoms with Crippen LogP contribution in [0.2, 0.25) is 0 Å². The molecule has 0 aliphatic rings. The van der Waals surface area contributed by atoms with E-state index in [4.69, 9.17) is 0 Å². The molecule has 0 aliphatic heterocycles. The molecule has 0 radical (unpaired) electrons. The van der Waals surface area contributed by atoms with Crippen LogP contribution in [0.15, 0.2) is 12.8 Å². The van der Waals surface area contributed by atoms with Crippen molar-refractivity contribution in [3.63, 3.8) is 0 Å². The summed E-state index contributed by atoms with van der Waals surface area (Å²) in [7, 11) is 0. The van der Waals surface area contributed by atoms with Gasteiger partial charge in [0.25, 0.3) is 0 Å². The van der Waals surface area contributed by atoms with Crippen LogP contribution in [0.5, 0.6) is 0 Å². The van der Waals surface area contributed by atoms with Gasteiger partial charge in [0.1, 0.15) is 0 Å². The summed E-state index contributed by atoms with van der Waals surface area (Å²) in [6.45, 7) is 0.441. The molecule has 0 aromatic carbocycles. The first-order chi connectivity index (χ1) is 5.22. The van der Waals surface area contributed by atoms with E-state index in [2.05, 4.69) is 12.3 Å². The summed E-state index contributed by atoms with van der Waals surface area (Å²) in [4.78, 5) is 0. The first kappa shape index (κ1) is 18.0. The monoisotopic (exact) mass is 215 g/mol. The molecule has 0 aromatic heterocycles. The van der Waals surface area contributed by atoms with Crippen LogP contribution in [-0.2, 0) is 0 Å². The van der Waals surface area contributed by atoms with Crippen molar-refractivity contribution in [3.05, 3.63) is 12.8 Å². The minimum atomic E-state index is -5.76. The SMILES string of the molecule is C=CN.F.FCC(F)(F)C(F)(F)F. The maximum absolute atomic E-state index is 11.2. The summed E-state index contributed by atoms with van der Waals surface area (Å²) >= 11 is 0. The molecule has 0 unspecified atom stereocenters. The second-order valence-electron chi connectivity index (χ2n) is 1.57. The number of halogens is 7. The lowest BCUT2D eigenvalue weighted by Crippen LogP contribution is -2.38. The van der Waals surface area contributed by atoms with E-state index in [-0.39, 0.29) is 4.70 Å². The molecule has 8 heteroatoms. The zero-order valence-corrected chi connectivity index (χ0v) is 6.24.